The van der Waals surface area contributed by atoms with Crippen LogP contribution in [0.3, 0.4) is 0 Å². The smallest absolute Gasteiger partial charge is 0.0658 e. The molecule has 2 aromatic rings. The summed E-state index contributed by atoms with van der Waals surface area (Å²) >= 11 is 0. The van der Waals surface area contributed by atoms with Gasteiger partial charge in [-0.15, -0.1) is 0 Å². The summed E-state index contributed by atoms with van der Waals surface area (Å²) in [6.45, 7) is 1.56. The minimum Gasteiger partial charge on any atom is -0.396 e. The van der Waals surface area contributed by atoms with E-state index in [4.69, 9.17) is 9.84 Å². The van der Waals surface area contributed by atoms with Gasteiger partial charge >= 0.3 is 0 Å². The van der Waals surface area contributed by atoms with Crippen LogP contribution in [0.15, 0.2) is 36.7 Å². The molecule has 0 saturated carbocycles. The van der Waals surface area contributed by atoms with Gasteiger partial charge in [0.1, 0.15) is 0 Å². The zero-order valence-electron chi connectivity index (χ0n) is 10.5. The van der Waals surface area contributed by atoms with Crippen molar-refractivity contribution >= 4 is 0 Å². The van der Waals surface area contributed by atoms with E-state index in [1.54, 1.807) is 7.11 Å². The molecule has 96 valence electrons. The second-order valence-electron chi connectivity index (χ2n) is 4.12. The fourth-order valence-electron chi connectivity index (χ4n) is 1.95. The molecule has 1 aromatic carbocycles. The molecular weight excluding hydrogens is 228 g/mol. The summed E-state index contributed by atoms with van der Waals surface area (Å²) < 4.78 is 6.90. The third-order valence-electron chi connectivity index (χ3n) is 2.87. The number of rotatable bonds is 6. The maximum absolute atomic E-state index is 9.08. The van der Waals surface area contributed by atoms with Gasteiger partial charge in [-0.2, -0.15) is 5.10 Å². The minimum absolute atomic E-state index is 0.162. The van der Waals surface area contributed by atoms with Crippen molar-refractivity contribution in [2.45, 2.75) is 13.0 Å². The first kappa shape index (κ1) is 12.8. The Morgan fingerprint density at radius 2 is 2.17 bits per heavy atom. The van der Waals surface area contributed by atoms with E-state index in [0.717, 1.165) is 23.2 Å². The van der Waals surface area contributed by atoms with Crippen LogP contribution >= 0.6 is 0 Å². The van der Waals surface area contributed by atoms with E-state index in [1.807, 2.05) is 35.3 Å². The Balaban J connectivity index is 2.22. The van der Waals surface area contributed by atoms with Crippen LogP contribution in [0, 0.1) is 0 Å². The number of nitrogens with zero attached hydrogens (tertiary/aromatic N) is 2. The van der Waals surface area contributed by atoms with Crippen LogP contribution in [0.4, 0.5) is 0 Å². The fourth-order valence-corrected chi connectivity index (χ4v) is 1.95. The SMILES string of the molecule is COCCn1cc(-c2ccccc2CCO)cn1. The monoisotopic (exact) mass is 246 g/mol. The molecule has 0 aliphatic rings. The van der Waals surface area contributed by atoms with E-state index >= 15 is 0 Å². The lowest BCUT2D eigenvalue weighted by Gasteiger charge is -2.05. The lowest BCUT2D eigenvalue weighted by Crippen LogP contribution is -2.03. The Bertz CT molecular complexity index is 494. The maximum Gasteiger partial charge on any atom is 0.0658 e. The predicted octanol–water partition coefficient (Wildman–Crippen LogP) is 1.73. The molecule has 0 atom stereocenters. The van der Waals surface area contributed by atoms with E-state index in [9.17, 15) is 0 Å². The van der Waals surface area contributed by atoms with Crippen LogP contribution < -0.4 is 0 Å². The first-order chi connectivity index (χ1) is 8.85. The van der Waals surface area contributed by atoms with Crippen molar-refractivity contribution in [1.82, 2.24) is 9.78 Å². The topological polar surface area (TPSA) is 47.3 Å². The Morgan fingerprint density at radius 3 is 2.94 bits per heavy atom. The summed E-state index contributed by atoms with van der Waals surface area (Å²) in [5.41, 5.74) is 3.36. The van der Waals surface area contributed by atoms with Crippen LogP contribution in [-0.4, -0.2) is 35.2 Å². The molecule has 0 fully saturated rings. The number of benzene rings is 1. The Labute approximate surface area is 107 Å². The molecular formula is C14H18N2O2. The number of aromatic nitrogens is 2. The van der Waals surface area contributed by atoms with Gasteiger partial charge in [-0.25, -0.2) is 0 Å². The average Bonchev–Trinajstić information content (AvgIpc) is 2.86. The van der Waals surface area contributed by atoms with Crippen LogP contribution in [0.1, 0.15) is 5.56 Å². The summed E-state index contributed by atoms with van der Waals surface area (Å²) in [6.07, 6.45) is 4.53. The number of hydrogen-bond donors (Lipinski definition) is 1. The highest BCUT2D eigenvalue weighted by Gasteiger charge is 2.06. The van der Waals surface area contributed by atoms with Gasteiger partial charge in [0.25, 0.3) is 0 Å². The number of hydrogen-bond acceptors (Lipinski definition) is 3. The molecule has 4 nitrogen and oxygen atoms in total. The second kappa shape index (κ2) is 6.33. The van der Waals surface area contributed by atoms with Gasteiger partial charge in [-0.05, 0) is 17.5 Å². The van der Waals surface area contributed by atoms with Crippen molar-refractivity contribution in [3.05, 3.63) is 42.2 Å². The average molecular weight is 246 g/mol. The van der Waals surface area contributed by atoms with Gasteiger partial charge in [0, 0.05) is 25.5 Å². The van der Waals surface area contributed by atoms with E-state index in [0.29, 0.717) is 13.0 Å². The van der Waals surface area contributed by atoms with E-state index in [2.05, 4.69) is 11.2 Å². The normalized spacial score (nSPS) is 10.8. The van der Waals surface area contributed by atoms with E-state index in [1.165, 1.54) is 0 Å². The Kier molecular flexibility index (Phi) is 4.50. The number of methoxy groups -OCH3 is 1. The highest BCUT2D eigenvalue weighted by atomic mass is 16.5. The van der Waals surface area contributed by atoms with Gasteiger partial charge in [0.05, 0.1) is 19.3 Å². The van der Waals surface area contributed by atoms with Gasteiger partial charge in [-0.3, -0.25) is 4.68 Å². The molecule has 1 heterocycles. The lowest BCUT2D eigenvalue weighted by atomic mass is 10.0. The quantitative estimate of drug-likeness (QED) is 0.844. The molecule has 1 aromatic heterocycles. The van der Waals surface area contributed by atoms with Crippen LogP contribution in [-0.2, 0) is 17.7 Å². The molecule has 0 saturated heterocycles. The standard InChI is InChI=1S/C14H18N2O2/c1-18-9-7-16-11-13(10-15-16)14-5-3-2-4-12(14)6-8-17/h2-5,10-11,17H,6-9H2,1H3. The summed E-state index contributed by atoms with van der Waals surface area (Å²) in [4.78, 5) is 0. The molecule has 0 radical (unpaired) electrons. The van der Waals surface area contributed by atoms with Gasteiger partial charge in [0.2, 0.25) is 0 Å². The maximum atomic E-state index is 9.08. The molecule has 0 spiro atoms. The highest BCUT2D eigenvalue weighted by molar-refractivity contribution is 5.65. The van der Waals surface area contributed by atoms with Crippen LogP contribution in [0.5, 0.6) is 0 Å². The third kappa shape index (κ3) is 2.97. The molecule has 2 rings (SSSR count). The lowest BCUT2D eigenvalue weighted by molar-refractivity contribution is 0.183. The summed E-state index contributed by atoms with van der Waals surface area (Å²) in [7, 11) is 1.68. The number of ether oxygens (including phenoxy) is 1. The molecule has 4 heteroatoms. The van der Waals surface area contributed by atoms with Crippen molar-refractivity contribution in [3.63, 3.8) is 0 Å². The molecule has 0 aliphatic heterocycles. The molecule has 0 bridgehead atoms. The van der Waals surface area contributed by atoms with Crippen LogP contribution in [0.25, 0.3) is 11.1 Å². The number of aliphatic hydroxyl groups excluding tert-OH is 1. The second-order valence-corrected chi connectivity index (χ2v) is 4.12. The largest absolute Gasteiger partial charge is 0.396 e. The summed E-state index contributed by atoms with van der Waals surface area (Å²) in [5, 5.41) is 13.4. The summed E-state index contributed by atoms with van der Waals surface area (Å²) in [5.74, 6) is 0. The zero-order chi connectivity index (χ0) is 12.8. The van der Waals surface area contributed by atoms with E-state index in [-0.39, 0.29) is 6.61 Å². The van der Waals surface area contributed by atoms with Crippen molar-refractivity contribution < 1.29 is 9.84 Å². The zero-order valence-corrected chi connectivity index (χ0v) is 10.5. The predicted molar refractivity (Wildman–Crippen MR) is 70.3 cm³/mol. The molecule has 0 amide bonds. The van der Waals surface area contributed by atoms with Crippen molar-refractivity contribution in [3.8, 4) is 11.1 Å². The molecule has 0 unspecified atom stereocenters. The van der Waals surface area contributed by atoms with Gasteiger partial charge < -0.3 is 9.84 Å². The minimum atomic E-state index is 0.162. The van der Waals surface area contributed by atoms with Crippen molar-refractivity contribution in [2.75, 3.05) is 20.3 Å². The van der Waals surface area contributed by atoms with Crippen molar-refractivity contribution in [1.29, 1.82) is 0 Å². The first-order valence-corrected chi connectivity index (χ1v) is 6.05. The Morgan fingerprint density at radius 1 is 1.33 bits per heavy atom. The van der Waals surface area contributed by atoms with E-state index < -0.39 is 0 Å². The Hall–Kier alpha value is -1.65. The molecule has 1 N–H and O–H groups in total. The van der Waals surface area contributed by atoms with Gasteiger partial charge in [-0.1, -0.05) is 24.3 Å². The fraction of sp³-hybridized carbons (Fsp3) is 0.357. The highest BCUT2D eigenvalue weighted by Crippen LogP contribution is 2.23. The summed E-state index contributed by atoms with van der Waals surface area (Å²) in [6, 6.07) is 8.09. The number of aliphatic hydroxyl groups is 1. The van der Waals surface area contributed by atoms with Crippen molar-refractivity contribution in [2.24, 2.45) is 0 Å². The molecule has 0 aliphatic carbocycles. The molecule has 18 heavy (non-hydrogen) atoms. The first-order valence-electron chi connectivity index (χ1n) is 6.05. The van der Waals surface area contributed by atoms with Crippen LogP contribution in [0.2, 0.25) is 0 Å². The third-order valence-corrected chi connectivity index (χ3v) is 2.87. The van der Waals surface area contributed by atoms with Gasteiger partial charge in [0.15, 0.2) is 0 Å².